The maximum absolute atomic E-state index is 12.8. The molecule has 2 aliphatic heterocycles. The number of carbonyl (C=O) groups is 2. The summed E-state index contributed by atoms with van der Waals surface area (Å²) in [4.78, 5) is 26.0. The minimum absolute atomic E-state index is 0.0436. The van der Waals surface area contributed by atoms with Crippen molar-refractivity contribution in [1.82, 2.24) is 4.90 Å². The second kappa shape index (κ2) is 7.42. The van der Waals surface area contributed by atoms with Gasteiger partial charge in [-0.05, 0) is 54.7 Å². The molecule has 152 valence electrons. The standard InChI is InChI=1S/C21H19F3N2O3/c22-21(23,24)16-4-1-13(2-5-16)9-14-7-8-26(11-14)20(28)15-3-6-18-17(10-15)25-19(27)12-29-18/h1-6,10,14H,7-9,11-12H2,(H,25,27). The van der Waals surface area contributed by atoms with E-state index in [1.165, 1.54) is 12.1 Å². The third-order valence-corrected chi connectivity index (χ3v) is 5.24. The highest BCUT2D eigenvalue weighted by atomic mass is 19.4. The monoisotopic (exact) mass is 404 g/mol. The van der Waals surface area contributed by atoms with Crippen molar-refractivity contribution in [2.45, 2.75) is 19.0 Å². The quantitative estimate of drug-likeness (QED) is 0.848. The van der Waals surface area contributed by atoms with E-state index in [1.54, 1.807) is 23.1 Å². The maximum Gasteiger partial charge on any atom is 0.416 e. The molecule has 1 fully saturated rings. The molecule has 2 amide bonds. The predicted molar refractivity (Wildman–Crippen MR) is 99.7 cm³/mol. The number of likely N-dealkylation sites (tertiary alicyclic amines) is 1. The van der Waals surface area contributed by atoms with E-state index in [-0.39, 0.29) is 24.3 Å². The predicted octanol–water partition coefficient (Wildman–Crippen LogP) is 3.74. The van der Waals surface area contributed by atoms with Crippen LogP contribution >= 0.6 is 0 Å². The van der Waals surface area contributed by atoms with Gasteiger partial charge in [0.1, 0.15) is 5.75 Å². The van der Waals surface area contributed by atoms with E-state index in [2.05, 4.69) is 5.32 Å². The summed E-state index contributed by atoms with van der Waals surface area (Å²) in [6.45, 7) is 1.09. The van der Waals surface area contributed by atoms with Crippen molar-refractivity contribution in [3.8, 4) is 5.75 Å². The smallest absolute Gasteiger partial charge is 0.416 e. The van der Waals surface area contributed by atoms with Crippen molar-refractivity contribution in [3.05, 3.63) is 59.2 Å². The zero-order chi connectivity index (χ0) is 20.6. The number of alkyl halides is 3. The number of fused-ring (bicyclic) bond motifs is 1. The van der Waals surface area contributed by atoms with Crippen molar-refractivity contribution in [1.29, 1.82) is 0 Å². The Labute approximate surface area is 165 Å². The van der Waals surface area contributed by atoms with E-state index in [4.69, 9.17) is 4.74 Å². The minimum Gasteiger partial charge on any atom is -0.482 e. The number of ether oxygens (including phenoxy) is 1. The van der Waals surface area contributed by atoms with E-state index >= 15 is 0 Å². The molecule has 29 heavy (non-hydrogen) atoms. The van der Waals surface area contributed by atoms with E-state index < -0.39 is 11.7 Å². The van der Waals surface area contributed by atoms with Crippen LogP contribution in [0.15, 0.2) is 42.5 Å². The lowest BCUT2D eigenvalue weighted by Gasteiger charge is -2.20. The molecule has 2 aromatic carbocycles. The molecule has 0 spiro atoms. The second-order valence-electron chi connectivity index (χ2n) is 7.35. The molecule has 8 heteroatoms. The second-order valence-corrected chi connectivity index (χ2v) is 7.35. The molecule has 0 aromatic heterocycles. The first-order valence-corrected chi connectivity index (χ1v) is 9.32. The van der Waals surface area contributed by atoms with Crippen LogP contribution in [0.3, 0.4) is 0 Å². The van der Waals surface area contributed by atoms with Crippen LogP contribution in [0.1, 0.15) is 27.9 Å². The first-order valence-electron chi connectivity index (χ1n) is 9.32. The summed E-state index contributed by atoms with van der Waals surface area (Å²) in [5, 5.41) is 2.69. The molecule has 5 nitrogen and oxygen atoms in total. The van der Waals surface area contributed by atoms with Crippen LogP contribution in [0, 0.1) is 5.92 Å². The van der Waals surface area contributed by atoms with Gasteiger partial charge in [-0.3, -0.25) is 9.59 Å². The fraction of sp³-hybridized carbons (Fsp3) is 0.333. The molecule has 0 aliphatic carbocycles. The number of carbonyl (C=O) groups excluding carboxylic acids is 2. The highest BCUT2D eigenvalue weighted by molar-refractivity contribution is 5.99. The van der Waals surface area contributed by atoms with Crippen LogP contribution < -0.4 is 10.1 Å². The Morgan fingerprint density at radius 3 is 2.66 bits per heavy atom. The average Bonchev–Trinajstić information content (AvgIpc) is 3.15. The number of benzene rings is 2. The molecule has 0 bridgehead atoms. The molecular formula is C21H19F3N2O3. The molecule has 1 N–H and O–H groups in total. The van der Waals surface area contributed by atoms with Crippen LogP contribution in [-0.4, -0.2) is 36.4 Å². The molecule has 2 heterocycles. The summed E-state index contributed by atoms with van der Waals surface area (Å²) < 4.78 is 43.3. The molecule has 2 aromatic rings. The lowest BCUT2D eigenvalue weighted by Crippen LogP contribution is -2.30. The van der Waals surface area contributed by atoms with Gasteiger partial charge in [0, 0.05) is 18.7 Å². The zero-order valence-corrected chi connectivity index (χ0v) is 15.5. The molecule has 0 radical (unpaired) electrons. The summed E-state index contributed by atoms with van der Waals surface area (Å²) in [7, 11) is 0. The Bertz CT molecular complexity index is 941. The zero-order valence-electron chi connectivity index (χ0n) is 15.5. The SMILES string of the molecule is O=C1COc2ccc(C(=O)N3CCC(Cc4ccc(C(F)(F)F)cc4)C3)cc2N1. The fourth-order valence-electron chi connectivity index (χ4n) is 3.75. The Hall–Kier alpha value is -3.03. The van der Waals surface area contributed by atoms with Gasteiger partial charge in [0.05, 0.1) is 11.3 Å². The fourth-order valence-corrected chi connectivity index (χ4v) is 3.75. The van der Waals surface area contributed by atoms with Crippen LogP contribution in [0.4, 0.5) is 18.9 Å². The van der Waals surface area contributed by atoms with Gasteiger partial charge in [0.25, 0.3) is 11.8 Å². The largest absolute Gasteiger partial charge is 0.482 e. The number of halogens is 3. The number of nitrogens with one attached hydrogen (secondary N) is 1. The Balaban J connectivity index is 1.39. The van der Waals surface area contributed by atoms with Crippen molar-refractivity contribution in [2.75, 3.05) is 25.0 Å². The highest BCUT2D eigenvalue weighted by Crippen LogP contribution is 2.31. The lowest BCUT2D eigenvalue weighted by molar-refractivity contribution is -0.137. The maximum atomic E-state index is 12.8. The number of anilines is 1. The molecular weight excluding hydrogens is 385 g/mol. The molecule has 1 unspecified atom stereocenters. The van der Waals surface area contributed by atoms with E-state index in [9.17, 15) is 22.8 Å². The number of nitrogens with zero attached hydrogens (tertiary/aromatic N) is 1. The van der Waals surface area contributed by atoms with Gasteiger partial charge in [-0.1, -0.05) is 12.1 Å². The van der Waals surface area contributed by atoms with E-state index in [0.717, 1.165) is 24.1 Å². The van der Waals surface area contributed by atoms with Crippen molar-refractivity contribution in [2.24, 2.45) is 5.92 Å². The number of rotatable bonds is 3. The van der Waals surface area contributed by atoms with E-state index in [1.807, 2.05) is 0 Å². The Kier molecular flexibility index (Phi) is 4.94. The number of amides is 2. The number of hydrogen-bond donors (Lipinski definition) is 1. The Morgan fingerprint density at radius 1 is 1.17 bits per heavy atom. The summed E-state index contributed by atoms with van der Waals surface area (Å²) in [5.74, 6) is 0.321. The average molecular weight is 404 g/mol. The van der Waals surface area contributed by atoms with Gasteiger partial charge < -0.3 is 15.0 Å². The van der Waals surface area contributed by atoms with Crippen LogP contribution in [0.5, 0.6) is 5.75 Å². The van der Waals surface area contributed by atoms with Crippen molar-refractivity contribution in [3.63, 3.8) is 0 Å². The third-order valence-electron chi connectivity index (χ3n) is 5.24. The topological polar surface area (TPSA) is 58.6 Å². The molecule has 1 saturated heterocycles. The highest BCUT2D eigenvalue weighted by Gasteiger charge is 2.31. The summed E-state index contributed by atoms with van der Waals surface area (Å²) in [6, 6.07) is 10.1. The molecule has 1 atom stereocenters. The van der Waals surface area contributed by atoms with Crippen LogP contribution in [-0.2, 0) is 17.4 Å². The molecule has 4 rings (SSSR count). The summed E-state index contributed by atoms with van der Waals surface area (Å²) >= 11 is 0. The first kappa shape index (κ1) is 19.3. The normalized spacial score (nSPS) is 18.8. The van der Waals surface area contributed by atoms with Crippen LogP contribution in [0.2, 0.25) is 0 Å². The van der Waals surface area contributed by atoms with Crippen LogP contribution in [0.25, 0.3) is 0 Å². The summed E-state index contributed by atoms with van der Waals surface area (Å²) in [6.07, 6.45) is -2.93. The molecule has 0 saturated carbocycles. The summed E-state index contributed by atoms with van der Waals surface area (Å²) in [5.41, 5.74) is 1.11. The number of hydrogen-bond acceptors (Lipinski definition) is 3. The first-order chi connectivity index (χ1) is 13.8. The van der Waals surface area contributed by atoms with Crippen molar-refractivity contribution >= 4 is 17.5 Å². The van der Waals surface area contributed by atoms with Gasteiger partial charge in [-0.2, -0.15) is 13.2 Å². The Morgan fingerprint density at radius 2 is 1.93 bits per heavy atom. The van der Waals surface area contributed by atoms with Gasteiger partial charge in [-0.15, -0.1) is 0 Å². The van der Waals surface area contributed by atoms with E-state index in [0.29, 0.717) is 36.5 Å². The van der Waals surface area contributed by atoms with Gasteiger partial charge in [-0.25, -0.2) is 0 Å². The van der Waals surface area contributed by atoms with Gasteiger partial charge >= 0.3 is 6.18 Å². The molecule has 2 aliphatic rings. The third kappa shape index (κ3) is 4.21. The van der Waals surface area contributed by atoms with Crippen molar-refractivity contribution < 1.29 is 27.5 Å². The van der Waals surface area contributed by atoms with Gasteiger partial charge in [0.15, 0.2) is 6.61 Å². The lowest BCUT2D eigenvalue weighted by atomic mass is 9.98. The van der Waals surface area contributed by atoms with Gasteiger partial charge in [0.2, 0.25) is 0 Å². The minimum atomic E-state index is -4.34.